The first-order chi connectivity index (χ1) is 6.93. The summed E-state index contributed by atoms with van der Waals surface area (Å²) in [5.74, 6) is -4.57. The van der Waals surface area contributed by atoms with Crippen LogP contribution in [0, 0.1) is 5.82 Å². The second-order valence-electron chi connectivity index (χ2n) is 2.67. The lowest BCUT2D eigenvalue weighted by atomic mass is 10.1. The molecule has 3 nitrogen and oxygen atoms in total. The quantitative estimate of drug-likeness (QED) is 0.623. The fraction of sp³-hybridized carbons (Fsp3) is 0.111. The average molecular weight is 218 g/mol. The zero-order chi connectivity index (χ0) is 11.6. The van der Waals surface area contributed by atoms with Gasteiger partial charge in [-0.2, -0.15) is 0 Å². The van der Waals surface area contributed by atoms with Crippen molar-refractivity contribution in [3.63, 3.8) is 0 Å². The molecular weight excluding hydrogens is 213 g/mol. The van der Waals surface area contributed by atoms with Crippen molar-refractivity contribution in [3.8, 4) is 0 Å². The van der Waals surface area contributed by atoms with Gasteiger partial charge < -0.3 is 5.11 Å². The normalized spacial score (nSPS) is 10.4. The molecule has 0 bridgehead atoms. The third-order valence-corrected chi connectivity index (χ3v) is 1.68. The summed E-state index contributed by atoms with van der Waals surface area (Å²) in [5, 5.41) is 8.29. The summed E-state index contributed by atoms with van der Waals surface area (Å²) in [5.41, 5.74) is -1.46. The van der Waals surface area contributed by atoms with Crippen molar-refractivity contribution < 1.29 is 27.9 Å². The Morgan fingerprint density at radius 2 is 1.87 bits per heavy atom. The number of alkyl halides is 2. The highest BCUT2D eigenvalue weighted by Crippen LogP contribution is 2.21. The van der Waals surface area contributed by atoms with Crippen molar-refractivity contribution in [1.82, 2.24) is 0 Å². The Morgan fingerprint density at radius 1 is 1.27 bits per heavy atom. The van der Waals surface area contributed by atoms with E-state index in [-0.39, 0.29) is 0 Å². The first-order valence-electron chi connectivity index (χ1n) is 3.78. The number of benzene rings is 1. The third kappa shape index (κ3) is 2.34. The van der Waals surface area contributed by atoms with Crippen LogP contribution in [0.25, 0.3) is 0 Å². The molecule has 0 aliphatic carbocycles. The van der Waals surface area contributed by atoms with Crippen molar-refractivity contribution in [2.45, 2.75) is 6.43 Å². The Morgan fingerprint density at radius 3 is 2.33 bits per heavy atom. The first-order valence-corrected chi connectivity index (χ1v) is 3.78. The van der Waals surface area contributed by atoms with E-state index in [1.807, 2.05) is 0 Å². The molecule has 0 heterocycles. The van der Waals surface area contributed by atoms with Crippen LogP contribution in [0.15, 0.2) is 18.2 Å². The Labute approximate surface area is 82.1 Å². The van der Waals surface area contributed by atoms with E-state index in [9.17, 15) is 22.8 Å². The number of ketones is 1. The Kier molecular flexibility index (Phi) is 3.08. The lowest BCUT2D eigenvalue weighted by Gasteiger charge is -2.02. The van der Waals surface area contributed by atoms with E-state index in [0.717, 1.165) is 6.07 Å². The standard InChI is InChI=1S/C9H5F3O3/c10-6-2-1-4(8(11)12)3-5(6)7(13)9(14)15/h1-3,8H,(H,14,15). The number of rotatable bonds is 3. The molecule has 6 heteroatoms. The van der Waals surface area contributed by atoms with Crippen LogP contribution >= 0.6 is 0 Å². The smallest absolute Gasteiger partial charge is 0.377 e. The molecule has 0 aliphatic heterocycles. The van der Waals surface area contributed by atoms with Crippen LogP contribution in [0.1, 0.15) is 22.3 Å². The molecule has 1 rings (SSSR count). The third-order valence-electron chi connectivity index (χ3n) is 1.68. The number of carbonyl (C=O) groups excluding carboxylic acids is 1. The minimum absolute atomic E-state index is 0.538. The summed E-state index contributed by atoms with van der Waals surface area (Å²) < 4.78 is 37.2. The van der Waals surface area contributed by atoms with Crippen molar-refractivity contribution in [2.24, 2.45) is 0 Å². The highest BCUT2D eigenvalue weighted by atomic mass is 19.3. The molecule has 80 valence electrons. The van der Waals surface area contributed by atoms with Crippen LogP contribution in [0.3, 0.4) is 0 Å². The number of carboxylic acids is 1. The van der Waals surface area contributed by atoms with Crippen LogP contribution in [-0.2, 0) is 4.79 Å². The monoisotopic (exact) mass is 218 g/mol. The van der Waals surface area contributed by atoms with E-state index < -0.39 is 35.1 Å². The van der Waals surface area contributed by atoms with Gasteiger partial charge in [-0.25, -0.2) is 18.0 Å². The van der Waals surface area contributed by atoms with E-state index in [1.165, 1.54) is 0 Å². The molecule has 0 fully saturated rings. The van der Waals surface area contributed by atoms with Crippen molar-refractivity contribution >= 4 is 11.8 Å². The zero-order valence-corrected chi connectivity index (χ0v) is 7.21. The highest BCUT2D eigenvalue weighted by molar-refractivity contribution is 6.39. The predicted molar refractivity (Wildman–Crippen MR) is 43.3 cm³/mol. The molecule has 0 radical (unpaired) electrons. The Hall–Kier alpha value is -1.85. The summed E-state index contributed by atoms with van der Waals surface area (Å²) in [7, 11) is 0. The number of carboxylic acid groups (broad SMARTS) is 1. The molecule has 1 aromatic rings. The van der Waals surface area contributed by atoms with E-state index in [4.69, 9.17) is 5.11 Å². The van der Waals surface area contributed by atoms with Crippen molar-refractivity contribution in [3.05, 3.63) is 35.1 Å². The molecule has 0 spiro atoms. The topological polar surface area (TPSA) is 54.4 Å². The fourth-order valence-electron chi connectivity index (χ4n) is 0.968. The maximum atomic E-state index is 12.9. The largest absolute Gasteiger partial charge is 0.475 e. The molecule has 15 heavy (non-hydrogen) atoms. The molecule has 0 amide bonds. The first kappa shape index (κ1) is 11.2. The highest BCUT2D eigenvalue weighted by Gasteiger charge is 2.21. The van der Waals surface area contributed by atoms with E-state index in [1.54, 1.807) is 0 Å². The molecule has 0 atom stereocenters. The summed E-state index contributed by atoms with van der Waals surface area (Å²) in [6, 6.07) is 1.97. The van der Waals surface area contributed by atoms with Crippen LogP contribution in [-0.4, -0.2) is 16.9 Å². The summed E-state index contributed by atoms with van der Waals surface area (Å²) >= 11 is 0. The number of halogens is 3. The van der Waals surface area contributed by atoms with Gasteiger partial charge >= 0.3 is 5.97 Å². The maximum Gasteiger partial charge on any atom is 0.377 e. The molecule has 1 N–H and O–H groups in total. The number of hydrogen-bond acceptors (Lipinski definition) is 2. The van der Waals surface area contributed by atoms with Crippen molar-refractivity contribution in [2.75, 3.05) is 0 Å². The molecule has 0 aromatic heterocycles. The molecular formula is C9H5F3O3. The van der Waals surface area contributed by atoms with Gasteiger partial charge in [-0.1, -0.05) is 6.07 Å². The van der Waals surface area contributed by atoms with Gasteiger partial charge in [0.1, 0.15) is 5.82 Å². The molecule has 0 saturated heterocycles. The maximum absolute atomic E-state index is 12.9. The van der Waals surface area contributed by atoms with E-state index in [2.05, 4.69) is 0 Å². The SMILES string of the molecule is O=C(O)C(=O)c1cc(C(F)F)ccc1F. The second-order valence-corrected chi connectivity index (χ2v) is 2.67. The van der Waals surface area contributed by atoms with Crippen molar-refractivity contribution in [1.29, 1.82) is 0 Å². The van der Waals surface area contributed by atoms with Crippen LogP contribution in [0.4, 0.5) is 13.2 Å². The molecule has 0 unspecified atom stereocenters. The van der Waals surface area contributed by atoms with E-state index >= 15 is 0 Å². The summed E-state index contributed by atoms with van der Waals surface area (Å²) in [4.78, 5) is 21.1. The van der Waals surface area contributed by atoms with Gasteiger partial charge in [0, 0.05) is 5.56 Å². The Balaban J connectivity index is 3.22. The number of carbonyl (C=O) groups is 2. The minimum atomic E-state index is -2.88. The minimum Gasteiger partial charge on any atom is -0.475 e. The van der Waals surface area contributed by atoms with Crippen LogP contribution in [0.5, 0.6) is 0 Å². The van der Waals surface area contributed by atoms with E-state index in [0.29, 0.717) is 12.1 Å². The summed E-state index contributed by atoms with van der Waals surface area (Å²) in [6.45, 7) is 0. The fourth-order valence-corrected chi connectivity index (χ4v) is 0.968. The van der Waals surface area contributed by atoms with Gasteiger partial charge in [0.2, 0.25) is 0 Å². The van der Waals surface area contributed by atoms with Gasteiger partial charge in [0.15, 0.2) is 0 Å². The van der Waals surface area contributed by atoms with Gasteiger partial charge in [-0.15, -0.1) is 0 Å². The second kappa shape index (κ2) is 4.12. The Bertz CT molecular complexity index is 415. The molecule has 0 saturated carbocycles. The average Bonchev–Trinajstić information content (AvgIpc) is 2.16. The van der Waals surface area contributed by atoms with Gasteiger partial charge in [-0.3, -0.25) is 4.79 Å². The van der Waals surface area contributed by atoms with Gasteiger partial charge in [-0.05, 0) is 12.1 Å². The summed E-state index contributed by atoms with van der Waals surface area (Å²) in [6.07, 6.45) is -2.88. The van der Waals surface area contributed by atoms with Crippen LogP contribution < -0.4 is 0 Å². The number of aliphatic carboxylic acids is 1. The van der Waals surface area contributed by atoms with Gasteiger partial charge in [0.25, 0.3) is 12.2 Å². The van der Waals surface area contributed by atoms with Crippen LogP contribution in [0.2, 0.25) is 0 Å². The number of Topliss-reactive ketones (excluding diaryl/α,β-unsaturated/α-hetero) is 1. The van der Waals surface area contributed by atoms with Gasteiger partial charge in [0.05, 0.1) is 5.56 Å². The molecule has 1 aromatic carbocycles. The lowest BCUT2D eigenvalue weighted by Crippen LogP contribution is -2.14. The zero-order valence-electron chi connectivity index (χ0n) is 7.21. The lowest BCUT2D eigenvalue weighted by molar-refractivity contribution is -0.131. The predicted octanol–water partition coefficient (Wildman–Crippen LogP) is 2.03. The molecule has 0 aliphatic rings. The number of hydrogen-bond donors (Lipinski definition) is 1.